The topological polar surface area (TPSA) is 29.1 Å². The van der Waals surface area contributed by atoms with Crippen molar-refractivity contribution in [3.63, 3.8) is 0 Å². The van der Waals surface area contributed by atoms with Crippen LogP contribution in [0.1, 0.15) is 21.9 Å². The van der Waals surface area contributed by atoms with E-state index in [1.54, 1.807) is 12.1 Å². The first-order chi connectivity index (χ1) is 12.5. The van der Waals surface area contributed by atoms with Crippen LogP contribution in [0.15, 0.2) is 77.7 Å². The Morgan fingerprint density at radius 1 is 0.962 bits per heavy atom. The van der Waals surface area contributed by atoms with Gasteiger partial charge in [-0.1, -0.05) is 42.5 Å². The normalized spacial score (nSPS) is 11.8. The minimum absolute atomic E-state index is 0.0979. The van der Waals surface area contributed by atoms with Crippen molar-refractivity contribution in [2.75, 3.05) is 5.32 Å². The molecule has 2 nitrogen and oxygen atoms in total. The van der Waals surface area contributed by atoms with Crippen LogP contribution in [-0.4, -0.2) is 5.91 Å². The first-order valence-electron chi connectivity index (χ1n) is 8.38. The molecule has 1 amide bonds. The van der Waals surface area contributed by atoms with E-state index in [1.165, 1.54) is 23.9 Å². The molecule has 0 heterocycles. The number of halogens is 1. The average molecular weight is 365 g/mol. The fraction of sp³-hybridized carbons (Fsp3) is 0.136. The number of thioether (sulfide) groups is 1. The number of aryl methyl sites for hydroxylation is 2. The lowest BCUT2D eigenvalue weighted by atomic mass is 10.1. The van der Waals surface area contributed by atoms with Crippen molar-refractivity contribution in [2.45, 2.75) is 24.0 Å². The van der Waals surface area contributed by atoms with Crippen LogP contribution in [-0.2, 0) is 4.79 Å². The number of rotatable bonds is 5. The van der Waals surface area contributed by atoms with Crippen molar-refractivity contribution in [3.8, 4) is 0 Å². The molecule has 0 aliphatic heterocycles. The number of amides is 1. The summed E-state index contributed by atoms with van der Waals surface area (Å²) in [6, 6.07) is 21.8. The first kappa shape index (κ1) is 18.2. The number of hydrogen-bond donors (Lipinski definition) is 1. The Labute approximate surface area is 157 Å². The summed E-state index contributed by atoms with van der Waals surface area (Å²) in [5.74, 6) is -0.385. The van der Waals surface area contributed by atoms with Gasteiger partial charge in [-0.3, -0.25) is 4.79 Å². The van der Waals surface area contributed by atoms with Gasteiger partial charge in [0.2, 0.25) is 5.91 Å². The van der Waals surface area contributed by atoms with Gasteiger partial charge < -0.3 is 5.32 Å². The van der Waals surface area contributed by atoms with Gasteiger partial charge in [0.1, 0.15) is 11.1 Å². The molecule has 0 aliphatic rings. The fourth-order valence-corrected chi connectivity index (χ4v) is 3.64. The van der Waals surface area contributed by atoms with E-state index in [0.717, 1.165) is 27.3 Å². The van der Waals surface area contributed by atoms with Gasteiger partial charge in [0.05, 0.1) is 0 Å². The number of carbonyl (C=O) groups is 1. The van der Waals surface area contributed by atoms with E-state index in [2.05, 4.69) is 5.32 Å². The number of benzene rings is 3. The number of anilines is 1. The molecule has 3 rings (SSSR count). The zero-order chi connectivity index (χ0) is 18.5. The van der Waals surface area contributed by atoms with Crippen LogP contribution < -0.4 is 5.32 Å². The smallest absolute Gasteiger partial charge is 0.242 e. The van der Waals surface area contributed by atoms with Crippen LogP contribution >= 0.6 is 11.8 Å². The molecule has 3 aromatic rings. The molecule has 1 N–H and O–H groups in total. The molecule has 0 spiro atoms. The summed E-state index contributed by atoms with van der Waals surface area (Å²) < 4.78 is 13.2. The summed E-state index contributed by atoms with van der Waals surface area (Å²) in [7, 11) is 0. The molecule has 1 atom stereocenters. The zero-order valence-electron chi connectivity index (χ0n) is 14.7. The quantitative estimate of drug-likeness (QED) is 0.569. The monoisotopic (exact) mass is 365 g/mol. The van der Waals surface area contributed by atoms with Gasteiger partial charge in [-0.15, -0.1) is 11.8 Å². The maximum atomic E-state index is 13.2. The molecular formula is C22H20FNOS. The SMILES string of the molecule is Cc1ccc(C)c(NC(=O)[C@@H](Sc2ccc(F)cc2)c2ccccc2)c1. The van der Waals surface area contributed by atoms with Crippen molar-refractivity contribution in [1.82, 2.24) is 0 Å². The largest absolute Gasteiger partial charge is 0.325 e. The molecule has 132 valence electrons. The summed E-state index contributed by atoms with van der Waals surface area (Å²) >= 11 is 1.41. The molecule has 0 saturated heterocycles. The van der Waals surface area contributed by atoms with Crippen LogP contribution in [0.2, 0.25) is 0 Å². The third-order valence-electron chi connectivity index (χ3n) is 4.06. The Morgan fingerprint density at radius 2 is 1.65 bits per heavy atom. The number of hydrogen-bond acceptors (Lipinski definition) is 2. The van der Waals surface area contributed by atoms with Crippen LogP contribution in [0.25, 0.3) is 0 Å². The van der Waals surface area contributed by atoms with Gasteiger partial charge in [0.25, 0.3) is 0 Å². The van der Waals surface area contributed by atoms with E-state index in [-0.39, 0.29) is 11.7 Å². The van der Waals surface area contributed by atoms with Gasteiger partial charge >= 0.3 is 0 Å². The van der Waals surface area contributed by atoms with Crippen LogP contribution in [0, 0.1) is 19.7 Å². The first-order valence-corrected chi connectivity index (χ1v) is 9.26. The van der Waals surface area contributed by atoms with E-state index in [9.17, 15) is 9.18 Å². The third-order valence-corrected chi connectivity index (χ3v) is 5.33. The molecule has 0 aromatic heterocycles. The summed E-state index contributed by atoms with van der Waals surface area (Å²) in [6.07, 6.45) is 0. The second kappa shape index (κ2) is 8.19. The minimum Gasteiger partial charge on any atom is -0.325 e. The van der Waals surface area contributed by atoms with Crippen molar-refractivity contribution in [2.24, 2.45) is 0 Å². The highest BCUT2D eigenvalue weighted by Crippen LogP contribution is 2.36. The Morgan fingerprint density at radius 3 is 2.35 bits per heavy atom. The van der Waals surface area contributed by atoms with E-state index in [1.807, 2.05) is 62.4 Å². The van der Waals surface area contributed by atoms with E-state index in [0.29, 0.717) is 0 Å². The Balaban J connectivity index is 1.88. The minimum atomic E-state index is -0.429. The molecule has 0 fully saturated rings. The molecule has 0 bridgehead atoms. The molecule has 3 aromatic carbocycles. The van der Waals surface area contributed by atoms with E-state index >= 15 is 0 Å². The second-order valence-electron chi connectivity index (χ2n) is 6.17. The van der Waals surface area contributed by atoms with Gasteiger partial charge in [-0.05, 0) is 60.9 Å². The highest BCUT2D eigenvalue weighted by Gasteiger charge is 2.22. The molecule has 4 heteroatoms. The summed E-state index contributed by atoms with van der Waals surface area (Å²) in [6.45, 7) is 3.97. The third kappa shape index (κ3) is 4.52. The van der Waals surface area contributed by atoms with Crippen molar-refractivity contribution < 1.29 is 9.18 Å². The van der Waals surface area contributed by atoms with Crippen molar-refractivity contribution in [3.05, 3.63) is 95.3 Å². The highest BCUT2D eigenvalue weighted by molar-refractivity contribution is 8.00. The van der Waals surface area contributed by atoms with Crippen molar-refractivity contribution in [1.29, 1.82) is 0 Å². The van der Waals surface area contributed by atoms with Gasteiger partial charge in [-0.2, -0.15) is 0 Å². The molecular weight excluding hydrogens is 345 g/mol. The predicted octanol–water partition coefficient (Wildman–Crippen LogP) is 5.91. The van der Waals surface area contributed by atoms with Crippen molar-refractivity contribution >= 4 is 23.4 Å². The van der Waals surface area contributed by atoms with E-state index < -0.39 is 5.25 Å². The second-order valence-corrected chi connectivity index (χ2v) is 7.35. The number of nitrogens with one attached hydrogen (secondary N) is 1. The average Bonchev–Trinajstić information content (AvgIpc) is 2.65. The van der Waals surface area contributed by atoms with Gasteiger partial charge in [0.15, 0.2) is 0 Å². The fourth-order valence-electron chi connectivity index (χ4n) is 2.62. The summed E-state index contributed by atoms with van der Waals surface area (Å²) in [5.41, 5.74) is 3.83. The standard InChI is InChI=1S/C22H20FNOS/c1-15-8-9-16(2)20(14-15)24-22(25)21(17-6-4-3-5-7-17)26-19-12-10-18(23)11-13-19/h3-14,21H,1-2H3,(H,24,25)/t21-/m0/s1. The van der Waals surface area contributed by atoms with Gasteiger partial charge in [-0.25, -0.2) is 4.39 Å². The molecule has 0 unspecified atom stereocenters. The van der Waals surface area contributed by atoms with Gasteiger partial charge in [0, 0.05) is 10.6 Å². The Kier molecular flexibility index (Phi) is 5.74. The van der Waals surface area contributed by atoms with Crippen LogP contribution in [0.3, 0.4) is 0 Å². The maximum absolute atomic E-state index is 13.2. The Bertz CT molecular complexity index is 894. The van der Waals surface area contributed by atoms with Crippen LogP contribution in [0.5, 0.6) is 0 Å². The molecule has 0 radical (unpaired) electrons. The summed E-state index contributed by atoms with van der Waals surface area (Å²) in [4.78, 5) is 13.9. The lowest BCUT2D eigenvalue weighted by Crippen LogP contribution is -2.19. The maximum Gasteiger partial charge on any atom is 0.242 e. The predicted molar refractivity (Wildman–Crippen MR) is 106 cm³/mol. The van der Waals surface area contributed by atoms with E-state index in [4.69, 9.17) is 0 Å². The highest BCUT2D eigenvalue weighted by atomic mass is 32.2. The zero-order valence-corrected chi connectivity index (χ0v) is 15.5. The summed E-state index contributed by atoms with van der Waals surface area (Å²) in [5, 5.41) is 2.62. The lowest BCUT2D eigenvalue weighted by molar-refractivity contribution is -0.115. The number of carbonyl (C=O) groups excluding carboxylic acids is 1. The Hall–Kier alpha value is -2.59. The van der Waals surface area contributed by atoms with Crippen LogP contribution in [0.4, 0.5) is 10.1 Å². The lowest BCUT2D eigenvalue weighted by Gasteiger charge is -2.18. The molecule has 0 aliphatic carbocycles. The molecule has 0 saturated carbocycles. The molecule has 26 heavy (non-hydrogen) atoms.